The molecular formula is C26H24N2O3. The minimum absolute atomic E-state index is 0.0689. The summed E-state index contributed by atoms with van der Waals surface area (Å²) < 4.78 is 7.84. The summed E-state index contributed by atoms with van der Waals surface area (Å²) >= 11 is 0. The van der Waals surface area contributed by atoms with Gasteiger partial charge in [-0.05, 0) is 48.4 Å². The first kappa shape index (κ1) is 20.4. The molecule has 156 valence electrons. The third-order valence-electron chi connectivity index (χ3n) is 5.28. The van der Waals surface area contributed by atoms with E-state index in [1.807, 2.05) is 66.3 Å². The van der Waals surface area contributed by atoms with Crippen LogP contribution in [-0.2, 0) is 17.8 Å². The number of hydrogen-bond donors (Lipinski definition) is 0. The van der Waals surface area contributed by atoms with Crippen molar-refractivity contribution in [3.63, 3.8) is 0 Å². The number of benzene rings is 3. The number of nitrogens with zero attached hydrogens (tertiary/aromatic N) is 2. The molecule has 0 spiro atoms. The number of likely N-dealkylation sites (N-methyl/N-ethyl adjacent to an activating group) is 1. The molecule has 4 rings (SSSR count). The Morgan fingerprint density at radius 2 is 1.77 bits per heavy atom. The third kappa shape index (κ3) is 5.01. The molecule has 4 aromatic rings. The van der Waals surface area contributed by atoms with Crippen LogP contribution in [0.1, 0.15) is 15.9 Å². The monoisotopic (exact) mass is 412 g/mol. The lowest BCUT2D eigenvalue weighted by atomic mass is 10.1. The van der Waals surface area contributed by atoms with E-state index in [1.165, 1.54) is 5.56 Å². The fraction of sp³-hybridized carbons (Fsp3) is 0.154. The second kappa shape index (κ2) is 9.30. The van der Waals surface area contributed by atoms with E-state index in [0.717, 1.165) is 23.6 Å². The Balaban J connectivity index is 1.41. The van der Waals surface area contributed by atoms with Gasteiger partial charge < -0.3 is 14.2 Å². The first-order chi connectivity index (χ1) is 15.1. The van der Waals surface area contributed by atoms with Gasteiger partial charge in [0.15, 0.2) is 0 Å². The average molecular weight is 412 g/mol. The predicted molar refractivity (Wildman–Crippen MR) is 122 cm³/mol. The van der Waals surface area contributed by atoms with E-state index in [0.29, 0.717) is 23.6 Å². The van der Waals surface area contributed by atoms with Gasteiger partial charge >= 0.3 is 0 Å². The van der Waals surface area contributed by atoms with Crippen molar-refractivity contribution in [3.05, 3.63) is 96.2 Å². The van der Waals surface area contributed by atoms with E-state index in [1.54, 1.807) is 23.1 Å². The van der Waals surface area contributed by atoms with Gasteiger partial charge in [0.1, 0.15) is 24.3 Å². The standard InChI is InChI=1S/C26H24N2O3/c1-27(14-12-20-6-3-2-4-7-20)26(30)18-28-15-13-22-17-24(10-11-25(22)28)31-23-9-5-8-21(16-23)19-29/h2-11,13,15-17,19H,12,14,18H2,1H3. The molecule has 0 fully saturated rings. The van der Waals surface area contributed by atoms with Crippen molar-refractivity contribution < 1.29 is 14.3 Å². The normalized spacial score (nSPS) is 10.7. The summed E-state index contributed by atoms with van der Waals surface area (Å²) in [7, 11) is 1.84. The largest absolute Gasteiger partial charge is 0.457 e. The molecule has 0 saturated heterocycles. The number of amides is 1. The van der Waals surface area contributed by atoms with E-state index in [4.69, 9.17) is 4.74 Å². The summed E-state index contributed by atoms with van der Waals surface area (Å²) in [5.74, 6) is 1.36. The van der Waals surface area contributed by atoms with Crippen LogP contribution in [0.5, 0.6) is 11.5 Å². The molecule has 0 aliphatic heterocycles. The highest BCUT2D eigenvalue weighted by Gasteiger charge is 2.12. The van der Waals surface area contributed by atoms with Crippen molar-refractivity contribution in [1.29, 1.82) is 0 Å². The van der Waals surface area contributed by atoms with Crippen LogP contribution in [0, 0.1) is 0 Å². The molecule has 1 heterocycles. The van der Waals surface area contributed by atoms with Crippen molar-refractivity contribution in [2.45, 2.75) is 13.0 Å². The van der Waals surface area contributed by atoms with Crippen LogP contribution < -0.4 is 4.74 Å². The second-order valence-corrected chi connectivity index (χ2v) is 7.51. The van der Waals surface area contributed by atoms with Gasteiger partial charge in [0, 0.05) is 36.3 Å². The molecule has 1 amide bonds. The zero-order valence-corrected chi connectivity index (χ0v) is 17.4. The van der Waals surface area contributed by atoms with E-state index in [9.17, 15) is 9.59 Å². The Bertz CT molecular complexity index is 1200. The molecule has 5 heteroatoms. The number of aromatic nitrogens is 1. The SMILES string of the molecule is CN(CCc1ccccc1)C(=O)Cn1ccc2cc(Oc3cccc(C=O)c3)ccc21. The Labute approximate surface area is 181 Å². The Morgan fingerprint density at radius 3 is 2.58 bits per heavy atom. The number of carbonyl (C=O) groups excluding carboxylic acids is 2. The summed E-state index contributed by atoms with van der Waals surface area (Å²) in [6, 6.07) is 24.9. The van der Waals surface area contributed by atoms with Crippen LogP contribution >= 0.6 is 0 Å². The van der Waals surface area contributed by atoms with Crippen LogP contribution in [0.4, 0.5) is 0 Å². The van der Waals surface area contributed by atoms with Crippen LogP contribution in [0.25, 0.3) is 10.9 Å². The number of fused-ring (bicyclic) bond motifs is 1. The molecule has 0 N–H and O–H groups in total. The molecule has 1 aromatic heterocycles. The second-order valence-electron chi connectivity index (χ2n) is 7.51. The fourth-order valence-electron chi connectivity index (χ4n) is 3.50. The minimum Gasteiger partial charge on any atom is -0.457 e. The van der Waals surface area contributed by atoms with Gasteiger partial charge in [-0.2, -0.15) is 0 Å². The summed E-state index contributed by atoms with van der Waals surface area (Å²) in [6.07, 6.45) is 3.55. The summed E-state index contributed by atoms with van der Waals surface area (Å²) in [5.41, 5.74) is 2.76. The summed E-state index contributed by atoms with van der Waals surface area (Å²) in [6.45, 7) is 0.969. The molecule has 31 heavy (non-hydrogen) atoms. The molecule has 5 nitrogen and oxygen atoms in total. The van der Waals surface area contributed by atoms with Crippen molar-refractivity contribution >= 4 is 23.1 Å². The Hall–Kier alpha value is -3.86. The topological polar surface area (TPSA) is 51.5 Å². The quantitative estimate of drug-likeness (QED) is 0.385. The maximum absolute atomic E-state index is 12.7. The molecule has 0 bridgehead atoms. The first-order valence-electron chi connectivity index (χ1n) is 10.2. The van der Waals surface area contributed by atoms with E-state index in [-0.39, 0.29) is 12.5 Å². The van der Waals surface area contributed by atoms with Gasteiger partial charge in [-0.1, -0.05) is 42.5 Å². The van der Waals surface area contributed by atoms with Crippen molar-refractivity contribution in [2.75, 3.05) is 13.6 Å². The number of hydrogen-bond acceptors (Lipinski definition) is 3. The third-order valence-corrected chi connectivity index (χ3v) is 5.28. The predicted octanol–water partition coefficient (Wildman–Crippen LogP) is 4.95. The van der Waals surface area contributed by atoms with Gasteiger partial charge in [-0.3, -0.25) is 9.59 Å². The number of rotatable bonds is 8. The van der Waals surface area contributed by atoms with Crippen molar-refractivity contribution in [2.24, 2.45) is 0 Å². The Kier molecular flexibility index (Phi) is 6.13. The lowest BCUT2D eigenvalue weighted by Crippen LogP contribution is -2.31. The number of ether oxygens (including phenoxy) is 1. The fourth-order valence-corrected chi connectivity index (χ4v) is 3.50. The zero-order chi connectivity index (χ0) is 21.6. The minimum atomic E-state index is 0.0689. The highest BCUT2D eigenvalue weighted by atomic mass is 16.5. The molecule has 0 unspecified atom stereocenters. The average Bonchev–Trinajstić information content (AvgIpc) is 3.20. The molecule has 0 aliphatic rings. The lowest BCUT2D eigenvalue weighted by molar-refractivity contribution is -0.130. The van der Waals surface area contributed by atoms with Crippen LogP contribution in [0.15, 0.2) is 85.1 Å². The van der Waals surface area contributed by atoms with E-state index < -0.39 is 0 Å². The molecule has 3 aromatic carbocycles. The van der Waals surface area contributed by atoms with Crippen LogP contribution in [0.2, 0.25) is 0 Å². The maximum atomic E-state index is 12.7. The molecular weight excluding hydrogens is 388 g/mol. The van der Waals surface area contributed by atoms with Crippen LogP contribution in [0.3, 0.4) is 0 Å². The van der Waals surface area contributed by atoms with Gasteiger partial charge in [-0.15, -0.1) is 0 Å². The lowest BCUT2D eigenvalue weighted by Gasteiger charge is -2.18. The van der Waals surface area contributed by atoms with Crippen LogP contribution in [-0.4, -0.2) is 35.3 Å². The maximum Gasteiger partial charge on any atom is 0.242 e. The molecule has 0 saturated carbocycles. The molecule has 0 radical (unpaired) electrons. The van der Waals surface area contributed by atoms with Gasteiger partial charge in [0.25, 0.3) is 0 Å². The van der Waals surface area contributed by atoms with Crippen molar-refractivity contribution in [1.82, 2.24) is 9.47 Å². The van der Waals surface area contributed by atoms with E-state index >= 15 is 0 Å². The molecule has 0 aliphatic carbocycles. The van der Waals surface area contributed by atoms with E-state index in [2.05, 4.69) is 12.1 Å². The Morgan fingerprint density at radius 1 is 0.968 bits per heavy atom. The van der Waals surface area contributed by atoms with Gasteiger partial charge in [0.05, 0.1) is 0 Å². The first-order valence-corrected chi connectivity index (χ1v) is 10.2. The highest BCUT2D eigenvalue weighted by molar-refractivity contribution is 5.84. The smallest absolute Gasteiger partial charge is 0.242 e. The summed E-state index contributed by atoms with van der Waals surface area (Å²) in [4.78, 5) is 25.4. The number of aldehydes is 1. The molecule has 0 atom stereocenters. The summed E-state index contributed by atoms with van der Waals surface area (Å²) in [5, 5.41) is 0.990. The van der Waals surface area contributed by atoms with Gasteiger partial charge in [0.2, 0.25) is 5.91 Å². The van der Waals surface area contributed by atoms with Gasteiger partial charge in [-0.25, -0.2) is 0 Å². The highest BCUT2D eigenvalue weighted by Crippen LogP contribution is 2.27. The zero-order valence-electron chi connectivity index (χ0n) is 17.4. The van der Waals surface area contributed by atoms with Crippen molar-refractivity contribution in [3.8, 4) is 11.5 Å². The number of carbonyl (C=O) groups is 2.